The van der Waals surface area contributed by atoms with E-state index in [9.17, 15) is 5.11 Å². The highest BCUT2D eigenvalue weighted by Crippen LogP contribution is 2.28. The normalized spacial score (nSPS) is 14.3. The zero-order valence-electron chi connectivity index (χ0n) is 11.2. The summed E-state index contributed by atoms with van der Waals surface area (Å²) in [4.78, 5) is 0. The first-order valence-corrected chi connectivity index (χ1v) is 6.71. The van der Waals surface area contributed by atoms with E-state index in [0.717, 1.165) is 30.7 Å². The van der Waals surface area contributed by atoms with Gasteiger partial charge in [-0.2, -0.15) is 0 Å². The molecule has 18 heavy (non-hydrogen) atoms. The van der Waals surface area contributed by atoms with E-state index in [-0.39, 0.29) is 12.1 Å². The first-order valence-electron chi connectivity index (χ1n) is 6.33. The number of ether oxygens (including phenoxy) is 1. The van der Waals surface area contributed by atoms with E-state index in [2.05, 4.69) is 12.2 Å². The fourth-order valence-electron chi connectivity index (χ4n) is 1.82. The average Bonchev–Trinajstić information content (AvgIpc) is 2.38. The minimum absolute atomic E-state index is 0.141. The Morgan fingerprint density at radius 1 is 1.44 bits per heavy atom. The van der Waals surface area contributed by atoms with Gasteiger partial charge in [0.15, 0.2) is 0 Å². The lowest BCUT2D eigenvalue weighted by Crippen LogP contribution is -2.23. The van der Waals surface area contributed by atoms with E-state index in [0.29, 0.717) is 5.02 Å². The lowest BCUT2D eigenvalue weighted by Gasteiger charge is -2.18. The van der Waals surface area contributed by atoms with Gasteiger partial charge in [0.25, 0.3) is 0 Å². The Bertz CT molecular complexity index is 371. The van der Waals surface area contributed by atoms with Crippen molar-refractivity contribution in [3.05, 3.63) is 28.8 Å². The number of aliphatic hydroxyl groups is 1. The van der Waals surface area contributed by atoms with Gasteiger partial charge in [-0.15, -0.1) is 0 Å². The molecule has 2 unspecified atom stereocenters. The topological polar surface area (TPSA) is 41.5 Å². The van der Waals surface area contributed by atoms with Crippen LogP contribution in [-0.2, 0) is 0 Å². The van der Waals surface area contributed by atoms with Gasteiger partial charge in [-0.3, -0.25) is 0 Å². The SMILES string of the molecule is CCC(O)CCNC(C)c1cc(Cl)ccc1OC. The highest BCUT2D eigenvalue weighted by atomic mass is 35.5. The third-order valence-corrected chi connectivity index (χ3v) is 3.29. The summed E-state index contributed by atoms with van der Waals surface area (Å²) in [6, 6.07) is 5.74. The fraction of sp³-hybridized carbons (Fsp3) is 0.571. The minimum atomic E-state index is -0.231. The molecule has 4 heteroatoms. The molecule has 0 aliphatic carbocycles. The summed E-state index contributed by atoms with van der Waals surface area (Å²) < 4.78 is 5.32. The van der Waals surface area contributed by atoms with Gasteiger partial charge in [0.05, 0.1) is 13.2 Å². The van der Waals surface area contributed by atoms with Crippen LogP contribution in [0.15, 0.2) is 18.2 Å². The van der Waals surface area contributed by atoms with Crippen LogP contribution in [0.3, 0.4) is 0 Å². The van der Waals surface area contributed by atoms with Crippen molar-refractivity contribution in [3.63, 3.8) is 0 Å². The molecule has 3 nitrogen and oxygen atoms in total. The smallest absolute Gasteiger partial charge is 0.123 e. The molecule has 1 aromatic rings. The molecule has 0 heterocycles. The largest absolute Gasteiger partial charge is 0.496 e. The van der Waals surface area contributed by atoms with Gasteiger partial charge in [0, 0.05) is 16.6 Å². The minimum Gasteiger partial charge on any atom is -0.496 e. The van der Waals surface area contributed by atoms with Gasteiger partial charge in [0.2, 0.25) is 0 Å². The van der Waals surface area contributed by atoms with Gasteiger partial charge in [0.1, 0.15) is 5.75 Å². The molecule has 0 aliphatic rings. The fourth-order valence-corrected chi connectivity index (χ4v) is 2.00. The molecule has 1 aromatic carbocycles. The molecule has 1 rings (SSSR count). The number of nitrogens with one attached hydrogen (secondary N) is 1. The van der Waals surface area contributed by atoms with E-state index in [1.807, 2.05) is 25.1 Å². The highest BCUT2D eigenvalue weighted by molar-refractivity contribution is 6.30. The molecule has 0 saturated heterocycles. The van der Waals surface area contributed by atoms with Crippen molar-refractivity contribution in [1.82, 2.24) is 5.32 Å². The van der Waals surface area contributed by atoms with E-state index in [1.54, 1.807) is 7.11 Å². The Labute approximate surface area is 114 Å². The molecular weight excluding hydrogens is 250 g/mol. The van der Waals surface area contributed by atoms with Crippen LogP contribution >= 0.6 is 11.6 Å². The Balaban J connectivity index is 2.60. The quantitative estimate of drug-likeness (QED) is 0.800. The van der Waals surface area contributed by atoms with Crippen molar-refractivity contribution >= 4 is 11.6 Å². The number of hydrogen-bond acceptors (Lipinski definition) is 3. The summed E-state index contributed by atoms with van der Waals surface area (Å²) in [5.41, 5.74) is 1.04. The van der Waals surface area contributed by atoms with Crippen LogP contribution in [0.25, 0.3) is 0 Å². The molecule has 0 radical (unpaired) electrons. The summed E-state index contributed by atoms with van der Waals surface area (Å²) in [7, 11) is 1.65. The summed E-state index contributed by atoms with van der Waals surface area (Å²) >= 11 is 6.00. The van der Waals surface area contributed by atoms with Gasteiger partial charge >= 0.3 is 0 Å². The van der Waals surface area contributed by atoms with Crippen molar-refractivity contribution < 1.29 is 9.84 Å². The van der Waals surface area contributed by atoms with E-state index in [4.69, 9.17) is 16.3 Å². The summed E-state index contributed by atoms with van der Waals surface area (Å²) in [5, 5.41) is 13.6. The van der Waals surface area contributed by atoms with Crippen molar-refractivity contribution in [3.8, 4) is 5.75 Å². The zero-order chi connectivity index (χ0) is 13.5. The third-order valence-electron chi connectivity index (χ3n) is 3.06. The van der Waals surface area contributed by atoms with Crippen LogP contribution in [0.4, 0.5) is 0 Å². The average molecular weight is 272 g/mol. The molecule has 0 fully saturated rings. The number of methoxy groups -OCH3 is 1. The Morgan fingerprint density at radius 3 is 2.78 bits per heavy atom. The van der Waals surface area contributed by atoms with Crippen LogP contribution in [0.2, 0.25) is 5.02 Å². The second-order valence-electron chi connectivity index (χ2n) is 4.41. The van der Waals surface area contributed by atoms with Crippen LogP contribution in [0.1, 0.15) is 38.3 Å². The van der Waals surface area contributed by atoms with E-state index >= 15 is 0 Å². The zero-order valence-corrected chi connectivity index (χ0v) is 12.0. The molecular formula is C14H22ClNO2. The first kappa shape index (κ1) is 15.3. The van der Waals surface area contributed by atoms with Gasteiger partial charge < -0.3 is 15.2 Å². The predicted octanol–water partition coefficient (Wildman–Crippen LogP) is 3.16. The summed E-state index contributed by atoms with van der Waals surface area (Å²) in [5.74, 6) is 0.829. The van der Waals surface area contributed by atoms with Gasteiger partial charge in [-0.1, -0.05) is 18.5 Å². The first-order chi connectivity index (χ1) is 8.58. The maximum atomic E-state index is 9.50. The van der Waals surface area contributed by atoms with Crippen LogP contribution in [0.5, 0.6) is 5.75 Å². The van der Waals surface area contributed by atoms with Crippen LogP contribution in [0, 0.1) is 0 Å². The lowest BCUT2D eigenvalue weighted by molar-refractivity contribution is 0.158. The molecule has 0 aromatic heterocycles. The maximum Gasteiger partial charge on any atom is 0.123 e. The maximum absolute atomic E-state index is 9.50. The molecule has 102 valence electrons. The Hall–Kier alpha value is -0.770. The van der Waals surface area contributed by atoms with E-state index in [1.165, 1.54) is 0 Å². The van der Waals surface area contributed by atoms with Crippen molar-refractivity contribution in [2.45, 2.75) is 38.8 Å². The Kier molecular flexibility index (Phi) is 6.47. The molecule has 2 N–H and O–H groups in total. The number of benzene rings is 1. The molecule has 0 bridgehead atoms. The molecule has 0 amide bonds. The number of halogens is 1. The second kappa shape index (κ2) is 7.62. The standard InChI is InChI=1S/C14H22ClNO2/c1-4-12(17)7-8-16-10(2)13-9-11(15)5-6-14(13)18-3/h5-6,9-10,12,16-17H,4,7-8H2,1-3H3. The van der Waals surface area contributed by atoms with Gasteiger partial charge in [-0.25, -0.2) is 0 Å². The van der Waals surface area contributed by atoms with Crippen LogP contribution < -0.4 is 10.1 Å². The lowest BCUT2D eigenvalue weighted by atomic mass is 10.1. The number of hydrogen-bond donors (Lipinski definition) is 2. The Morgan fingerprint density at radius 2 is 2.17 bits per heavy atom. The van der Waals surface area contributed by atoms with Crippen molar-refractivity contribution in [2.24, 2.45) is 0 Å². The van der Waals surface area contributed by atoms with Gasteiger partial charge in [-0.05, 0) is 44.5 Å². The highest BCUT2D eigenvalue weighted by Gasteiger charge is 2.12. The summed E-state index contributed by atoms with van der Waals surface area (Å²) in [6.07, 6.45) is 1.31. The van der Waals surface area contributed by atoms with E-state index < -0.39 is 0 Å². The third kappa shape index (κ3) is 4.48. The predicted molar refractivity (Wildman–Crippen MR) is 75.3 cm³/mol. The van der Waals surface area contributed by atoms with Crippen molar-refractivity contribution in [2.75, 3.05) is 13.7 Å². The number of rotatable bonds is 7. The second-order valence-corrected chi connectivity index (χ2v) is 4.85. The molecule has 0 saturated carbocycles. The molecule has 0 spiro atoms. The van der Waals surface area contributed by atoms with Crippen LogP contribution in [-0.4, -0.2) is 24.9 Å². The monoisotopic (exact) mass is 271 g/mol. The molecule has 0 aliphatic heterocycles. The molecule has 2 atom stereocenters. The summed E-state index contributed by atoms with van der Waals surface area (Å²) in [6.45, 7) is 4.81. The van der Waals surface area contributed by atoms with Crippen molar-refractivity contribution in [1.29, 1.82) is 0 Å². The number of aliphatic hydroxyl groups excluding tert-OH is 1.